The lowest BCUT2D eigenvalue weighted by Gasteiger charge is -2.09. The van der Waals surface area contributed by atoms with Crippen LogP contribution in [0.1, 0.15) is 30.3 Å². The molecular weight excluding hydrogens is 252 g/mol. The van der Waals surface area contributed by atoms with Crippen molar-refractivity contribution in [2.75, 3.05) is 6.54 Å². The molecule has 1 N–H and O–H groups in total. The first-order chi connectivity index (χ1) is 9.58. The van der Waals surface area contributed by atoms with Gasteiger partial charge in [0.15, 0.2) is 0 Å². The molecule has 0 unspecified atom stereocenters. The van der Waals surface area contributed by atoms with E-state index in [1.54, 1.807) is 4.68 Å². The highest BCUT2D eigenvalue weighted by Crippen LogP contribution is 2.21. The summed E-state index contributed by atoms with van der Waals surface area (Å²) in [6, 6.07) is 5.95. The van der Waals surface area contributed by atoms with Crippen LogP contribution in [0.25, 0.3) is 0 Å². The van der Waals surface area contributed by atoms with Crippen LogP contribution in [-0.4, -0.2) is 21.3 Å². The van der Waals surface area contributed by atoms with E-state index in [1.807, 2.05) is 33.0 Å². The molecule has 2 aromatic heterocycles. The molecule has 2 rings (SSSR count). The first-order valence-corrected chi connectivity index (χ1v) is 6.95. The zero-order valence-electron chi connectivity index (χ0n) is 12.6. The SMILES string of the molecule is CCCNCc1cc(C)nc(Oc2cc(C)nn2C)c1. The van der Waals surface area contributed by atoms with Crippen molar-refractivity contribution in [3.8, 4) is 11.8 Å². The molecule has 0 amide bonds. The number of nitrogens with one attached hydrogen (secondary N) is 1. The average Bonchev–Trinajstić information content (AvgIpc) is 2.67. The molecule has 0 saturated carbocycles. The molecule has 2 aromatic rings. The molecule has 0 fully saturated rings. The van der Waals surface area contributed by atoms with E-state index in [-0.39, 0.29) is 0 Å². The minimum atomic E-state index is 0.612. The van der Waals surface area contributed by atoms with Crippen molar-refractivity contribution in [1.29, 1.82) is 0 Å². The average molecular weight is 274 g/mol. The van der Waals surface area contributed by atoms with E-state index in [0.29, 0.717) is 11.8 Å². The van der Waals surface area contributed by atoms with Gasteiger partial charge >= 0.3 is 0 Å². The van der Waals surface area contributed by atoms with Gasteiger partial charge in [0.25, 0.3) is 0 Å². The van der Waals surface area contributed by atoms with Crippen LogP contribution in [0.2, 0.25) is 0 Å². The van der Waals surface area contributed by atoms with Crippen LogP contribution >= 0.6 is 0 Å². The van der Waals surface area contributed by atoms with E-state index in [4.69, 9.17) is 4.74 Å². The predicted octanol–water partition coefficient (Wildman–Crippen LogP) is 2.72. The van der Waals surface area contributed by atoms with Crippen molar-refractivity contribution in [1.82, 2.24) is 20.1 Å². The Morgan fingerprint density at radius 1 is 1.20 bits per heavy atom. The number of aromatic nitrogens is 3. The molecule has 0 aliphatic heterocycles. The van der Waals surface area contributed by atoms with E-state index in [2.05, 4.69) is 28.4 Å². The summed E-state index contributed by atoms with van der Waals surface area (Å²) >= 11 is 0. The predicted molar refractivity (Wildman–Crippen MR) is 79.0 cm³/mol. The first kappa shape index (κ1) is 14.5. The maximum Gasteiger partial charge on any atom is 0.221 e. The fourth-order valence-corrected chi connectivity index (χ4v) is 2.06. The maximum absolute atomic E-state index is 5.82. The van der Waals surface area contributed by atoms with Gasteiger partial charge in [-0.05, 0) is 38.4 Å². The molecular formula is C15H22N4O. The second-order valence-corrected chi connectivity index (χ2v) is 4.98. The fraction of sp³-hybridized carbons (Fsp3) is 0.467. The lowest BCUT2D eigenvalue weighted by atomic mass is 10.2. The molecule has 5 heteroatoms. The Morgan fingerprint density at radius 2 is 2.00 bits per heavy atom. The van der Waals surface area contributed by atoms with Crippen molar-refractivity contribution in [3.05, 3.63) is 35.2 Å². The van der Waals surface area contributed by atoms with Gasteiger partial charge in [0.05, 0.1) is 5.69 Å². The summed E-state index contributed by atoms with van der Waals surface area (Å²) < 4.78 is 7.54. The number of hydrogen-bond donors (Lipinski definition) is 1. The Bertz CT molecular complexity index is 577. The maximum atomic E-state index is 5.82. The third-order valence-electron chi connectivity index (χ3n) is 2.91. The summed E-state index contributed by atoms with van der Waals surface area (Å²) in [6.07, 6.45) is 1.13. The van der Waals surface area contributed by atoms with E-state index >= 15 is 0 Å². The third-order valence-corrected chi connectivity index (χ3v) is 2.91. The Morgan fingerprint density at radius 3 is 2.65 bits per heavy atom. The van der Waals surface area contributed by atoms with Crippen LogP contribution in [0.15, 0.2) is 18.2 Å². The standard InChI is InChI=1S/C15H22N4O/c1-5-6-16-10-13-7-11(2)17-14(9-13)20-15-8-12(3)18-19(15)4/h7-9,16H,5-6,10H2,1-4H3. The minimum Gasteiger partial charge on any atom is -0.421 e. The molecule has 0 aliphatic rings. The largest absolute Gasteiger partial charge is 0.421 e. The minimum absolute atomic E-state index is 0.612. The summed E-state index contributed by atoms with van der Waals surface area (Å²) in [6.45, 7) is 7.92. The molecule has 0 bridgehead atoms. The molecule has 0 saturated heterocycles. The molecule has 0 radical (unpaired) electrons. The van der Waals surface area contributed by atoms with Gasteiger partial charge in [0, 0.05) is 31.4 Å². The highest BCUT2D eigenvalue weighted by atomic mass is 16.5. The second-order valence-electron chi connectivity index (χ2n) is 4.98. The van der Waals surface area contributed by atoms with Gasteiger partial charge in [-0.15, -0.1) is 0 Å². The normalized spacial score (nSPS) is 10.8. The summed E-state index contributed by atoms with van der Waals surface area (Å²) in [5, 5.41) is 7.65. The van der Waals surface area contributed by atoms with Crippen LogP contribution in [0.4, 0.5) is 0 Å². The zero-order valence-corrected chi connectivity index (χ0v) is 12.6. The summed E-state index contributed by atoms with van der Waals surface area (Å²) in [7, 11) is 1.86. The van der Waals surface area contributed by atoms with Crippen LogP contribution in [-0.2, 0) is 13.6 Å². The molecule has 0 aliphatic carbocycles. The summed E-state index contributed by atoms with van der Waals surface area (Å²) in [4.78, 5) is 4.42. The lowest BCUT2D eigenvalue weighted by Crippen LogP contribution is -2.14. The fourth-order valence-electron chi connectivity index (χ4n) is 2.06. The molecule has 0 aromatic carbocycles. The van der Waals surface area contributed by atoms with Crippen molar-refractivity contribution in [3.63, 3.8) is 0 Å². The smallest absolute Gasteiger partial charge is 0.221 e. The van der Waals surface area contributed by atoms with Gasteiger partial charge in [-0.25, -0.2) is 9.67 Å². The summed E-state index contributed by atoms with van der Waals surface area (Å²) in [5.74, 6) is 1.31. The van der Waals surface area contributed by atoms with E-state index in [9.17, 15) is 0 Å². The number of nitrogens with zero attached hydrogens (tertiary/aromatic N) is 3. The molecule has 20 heavy (non-hydrogen) atoms. The number of aryl methyl sites for hydroxylation is 3. The van der Waals surface area contributed by atoms with Gasteiger partial charge in [-0.1, -0.05) is 6.92 Å². The number of pyridine rings is 1. The highest BCUT2D eigenvalue weighted by molar-refractivity contribution is 5.28. The van der Waals surface area contributed by atoms with Gasteiger partial charge in [-0.3, -0.25) is 0 Å². The van der Waals surface area contributed by atoms with Gasteiger partial charge in [-0.2, -0.15) is 5.10 Å². The second kappa shape index (κ2) is 6.52. The Balaban J connectivity index is 2.13. The number of ether oxygens (including phenoxy) is 1. The number of rotatable bonds is 6. The van der Waals surface area contributed by atoms with Crippen LogP contribution in [0.5, 0.6) is 11.8 Å². The summed E-state index contributed by atoms with van der Waals surface area (Å²) in [5.41, 5.74) is 3.06. The Kier molecular flexibility index (Phi) is 4.74. The van der Waals surface area contributed by atoms with Gasteiger partial charge < -0.3 is 10.1 Å². The van der Waals surface area contributed by atoms with E-state index in [1.165, 1.54) is 5.56 Å². The molecule has 108 valence electrons. The van der Waals surface area contributed by atoms with Crippen molar-refractivity contribution < 1.29 is 4.74 Å². The van der Waals surface area contributed by atoms with Crippen molar-refractivity contribution >= 4 is 0 Å². The topological polar surface area (TPSA) is 52.0 Å². The van der Waals surface area contributed by atoms with E-state index in [0.717, 1.165) is 30.9 Å². The van der Waals surface area contributed by atoms with Gasteiger partial charge in [0.1, 0.15) is 0 Å². The van der Waals surface area contributed by atoms with Gasteiger partial charge in [0.2, 0.25) is 11.8 Å². The quantitative estimate of drug-likeness (QED) is 0.823. The molecule has 5 nitrogen and oxygen atoms in total. The van der Waals surface area contributed by atoms with Crippen LogP contribution < -0.4 is 10.1 Å². The number of hydrogen-bond acceptors (Lipinski definition) is 4. The van der Waals surface area contributed by atoms with Crippen molar-refractivity contribution in [2.24, 2.45) is 7.05 Å². The molecule has 0 spiro atoms. The van der Waals surface area contributed by atoms with Crippen LogP contribution in [0, 0.1) is 13.8 Å². The molecule has 2 heterocycles. The Labute approximate surface area is 120 Å². The zero-order chi connectivity index (χ0) is 14.5. The highest BCUT2D eigenvalue weighted by Gasteiger charge is 2.07. The van der Waals surface area contributed by atoms with Crippen molar-refractivity contribution in [2.45, 2.75) is 33.7 Å². The van der Waals surface area contributed by atoms with Crippen LogP contribution in [0.3, 0.4) is 0 Å². The lowest BCUT2D eigenvalue weighted by molar-refractivity contribution is 0.414. The van der Waals surface area contributed by atoms with E-state index < -0.39 is 0 Å². The molecule has 0 atom stereocenters. The monoisotopic (exact) mass is 274 g/mol. The third kappa shape index (κ3) is 3.81. The Hall–Kier alpha value is -1.88. The first-order valence-electron chi connectivity index (χ1n) is 6.95.